The number of nitrogens with zero attached hydrogens (tertiary/aromatic N) is 3. The Labute approximate surface area is 159 Å². The lowest BCUT2D eigenvalue weighted by atomic mass is 9.97. The van der Waals surface area contributed by atoms with Gasteiger partial charge in [-0.2, -0.15) is 9.61 Å². The van der Waals surface area contributed by atoms with Gasteiger partial charge >= 0.3 is 0 Å². The van der Waals surface area contributed by atoms with E-state index in [0.717, 1.165) is 46.9 Å². The molecule has 1 N–H and O–H groups in total. The number of aromatic nitrogens is 3. The summed E-state index contributed by atoms with van der Waals surface area (Å²) in [6, 6.07) is 8.55. The molecule has 4 rings (SSSR count). The predicted octanol–water partition coefficient (Wildman–Crippen LogP) is 5.45. The highest BCUT2D eigenvalue weighted by atomic mass is 19.1. The van der Waals surface area contributed by atoms with E-state index in [1.807, 2.05) is 24.4 Å². The number of fused-ring (bicyclic) bond motifs is 1. The number of anilines is 1. The van der Waals surface area contributed by atoms with Crippen molar-refractivity contribution in [2.75, 3.05) is 11.9 Å². The molecule has 2 heterocycles. The monoisotopic (exact) mass is 364 g/mol. The summed E-state index contributed by atoms with van der Waals surface area (Å²) >= 11 is 0. The molecule has 0 aliphatic heterocycles. The van der Waals surface area contributed by atoms with E-state index in [0.29, 0.717) is 0 Å². The minimum absolute atomic E-state index is 0.239. The van der Waals surface area contributed by atoms with Gasteiger partial charge in [-0.1, -0.05) is 23.8 Å². The van der Waals surface area contributed by atoms with Crippen molar-refractivity contribution in [3.63, 3.8) is 0 Å². The molecule has 0 amide bonds. The standard InChI is InChI=1S/C22H25FN4/c1-15-14-20(24-13-12-17-6-4-3-5-7-17)27-22(25-15)21(16(2)26-27)18-8-10-19(23)11-9-18/h6,8-11,14,24H,3-5,7,12-13H2,1-2H3. The Hall–Kier alpha value is -2.69. The van der Waals surface area contributed by atoms with Gasteiger partial charge in [0.15, 0.2) is 5.65 Å². The topological polar surface area (TPSA) is 42.2 Å². The largest absolute Gasteiger partial charge is 0.370 e. The molecule has 3 aromatic rings. The first-order valence-electron chi connectivity index (χ1n) is 9.66. The van der Waals surface area contributed by atoms with Gasteiger partial charge in [-0.05, 0) is 63.6 Å². The van der Waals surface area contributed by atoms with Gasteiger partial charge in [0.1, 0.15) is 11.6 Å². The second kappa shape index (κ2) is 7.51. The second-order valence-electron chi connectivity index (χ2n) is 7.27. The summed E-state index contributed by atoms with van der Waals surface area (Å²) in [5.41, 5.74) is 6.07. The van der Waals surface area contributed by atoms with Crippen molar-refractivity contribution in [2.45, 2.75) is 46.0 Å². The fraction of sp³-hybridized carbons (Fsp3) is 0.364. The fourth-order valence-corrected chi connectivity index (χ4v) is 3.81. The van der Waals surface area contributed by atoms with Crippen LogP contribution >= 0.6 is 0 Å². The van der Waals surface area contributed by atoms with Crippen LogP contribution in [0.2, 0.25) is 0 Å². The third-order valence-electron chi connectivity index (χ3n) is 5.16. The van der Waals surface area contributed by atoms with Gasteiger partial charge in [0.2, 0.25) is 0 Å². The minimum Gasteiger partial charge on any atom is -0.370 e. The van der Waals surface area contributed by atoms with Crippen molar-refractivity contribution in [1.82, 2.24) is 14.6 Å². The van der Waals surface area contributed by atoms with Crippen LogP contribution < -0.4 is 5.32 Å². The minimum atomic E-state index is -0.239. The fourth-order valence-electron chi connectivity index (χ4n) is 3.81. The molecule has 1 aromatic carbocycles. The quantitative estimate of drug-likeness (QED) is 0.612. The average molecular weight is 364 g/mol. The third-order valence-corrected chi connectivity index (χ3v) is 5.16. The van der Waals surface area contributed by atoms with E-state index in [2.05, 4.69) is 11.4 Å². The van der Waals surface area contributed by atoms with Gasteiger partial charge in [-0.25, -0.2) is 9.37 Å². The Kier molecular flexibility index (Phi) is 4.92. The van der Waals surface area contributed by atoms with Crippen molar-refractivity contribution < 1.29 is 4.39 Å². The average Bonchev–Trinajstić information content (AvgIpc) is 2.99. The molecule has 0 atom stereocenters. The van der Waals surface area contributed by atoms with Crippen LogP contribution in [-0.4, -0.2) is 21.1 Å². The zero-order valence-corrected chi connectivity index (χ0v) is 15.9. The number of benzene rings is 1. The highest BCUT2D eigenvalue weighted by molar-refractivity contribution is 5.80. The first-order chi connectivity index (χ1) is 13.1. The summed E-state index contributed by atoms with van der Waals surface area (Å²) < 4.78 is 15.2. The van der Waals surface area contributed by atoms with Crippen molar-refractivity contribution in [3.8, 4) is 11.1 Å². The zero-order chi connectivity index (χ0) is 18.8. The van der Waals surface area contributed by atoms with E-state index in [9.17, 15) is 4.39 Å². The molecule has 0 unspecified atom stereocenters. The van der Waals surface area contributed by atoms with Crippen molar-refractivity contribution in [2.24, 2.45) is 0 Å². The molecular formula is C22H25FN4. The van der Waals surface area contributed by atoms with E-state index in [-0.39, 0.29) is 5.82 Å². The molecule has 1 aliphatic carbocycles. The number of allylic oxidation sites excluding steroid dienone is 1. The van der Waals surface area contributed by atoms with Crippen LogP contribution in [0.4, 0.5) is 10.2 Å². The number of nitrogens with one attached hydrogen (secondary N) is 1. The van der Waals surface area contributed by atoms with Crippen LogP contribution in [-0.2, 0) is 0 Å². The van der Waals surface area contributed by atoms with E-state index in [1.54, 1.807) is 17.7 Å². The predicted molar refractivity (Wildman–Crippen MR) is 108 cm³/mol. The molecule has 0 radical (unpaired) electrons. The van der Waals surface area contributed by atoms with Gasteiger partial charge in [0, 0.05) is 23.9 Å². The number of aryl methyl sites for hydroxylation is 2. The Morgan fingerprint density at radius 3 is 2.70 bits per heavy atom. The normalized spacial score (nSPS) is 14.4. The molecule has 27 heavy (non-hydrogen) atoms. The molecule has 140 valence electrons. The van der Waals surface area contributed by atoms with E-state index < -0.39 is 0 Å². The molecule has 0 spiro atoms. The van der Waals surface area contributed by atoms with Crippen LogP contribution in [0.1, 0.15) is 43.5 Å². The molecule has 0 saturated heterocycles. The summed E-state index contributed by atoms with van der Waals surface area (Å²) in [6.45, 7) is 4.85. The molecule has 1 aliphatic rings. The Balaban J connectivity index is 1.65. The van der Waals surface area contributed by atoms with E-state index in [1.165, 1.54) is 37.8 Å². The summed E-state index contributed by atoms with van der Waals surface area (Å²) in [6.07, 6.45) is 8.52. The summed E-state index contributed by atoms with van der Waals surface area (Å²) in [5, 5.41) is 8.24. The van der Waals surface area contributed by atoms with Crippen LogP contribution in [0.25, 0.3) is 16.8 Å². The zero-order valence-electron chi connectivity index (χ0n) is 15.9. The van der Waals surface area contributed by atoms with Crippen LogP contribution in [0.3, 0.4) is 0 Å². The number of rotatable bonds is 5. The Morgan fingerprint density at radius 1 is 1.15 bits per heavy atom. The van der Waals surface area contributed by atoms with Gasteiger partial charge in [0.25, 0.3) is 0 Å². The lowest BCUT2D eigenvalue weighted by Gasteiger charge is -2.14. The van der Waals surface area contributed by atoms with Gasteiger partial charge < -0.3 is 5.32 Å². The van der Waals surface area contributed by atoms with Crippen LogP contribution in [0.5, 0.6) is 0 Å². The van der Waals surface area contributed by atoms with Crippen molar-refractivity contribution in [1.29, 1.82) is 0 Å². The van der Waals surface area contributed by atoms with Gasteiger partial charge in [-0.15, -0.1) is 0 Å². The van der Waals surface area contributed by atoms with Crippen LogP contribution in [0.15, 0.2) is 42.0 Å². The Morgan fingerprint density at radius 2 is 1.96 bits per heavy atom. The number of hydrogen-bond donors (Lipinski definition) is 1. The van der Waals surface area contributed by atoms with Crippen LogP contribution in [0, 0.1) is 19.7 Å². The maximum atomic E-state index is 13.3. The van der Waals surface area contributed by atoms with Crippen molar-refractivity contribution in [3.05, 3.63) is 59.2 Å². The molecular weight excluding hydrogens is 339 g/mol. The second-order valence-corrected chi connectivity index (χ2v) is 7.27. The highest BCUT2D eigenvalue weighted by Crippen LogP contribution is 2.29. The Bertz CT molecular complexity index is 986. The maximum absolute atomic E-state index is 13.3. The lowest BCUT2D eigenvalue weighted by molar-refractivity contribution is 0.628. The molecule has 0 bridgehead atoms. The summed E-state index contributed by atoms with van der Waals surface area (Å²) in [4.78, 5) is 4.71. The molecule has 5 heteroatoms. The number of hydrogen-bond acceptors (Lipinski definition) is 3. The maximum Gasteiger partial charge on any atom is 0.165 e. The summed E-state index contributed by atoms with van der Waals surface area (Å²) in [7, 11) is 0. The van der Waals surface area contributed by atoms with Gasteiger partial charge in [0.05, 0.1) is 5.69 Å². The highest BCUT2D eigenvalue weighted by Gasteiger charge is 2.16. The smallest absolute Gasteiger partial charge is 0.165 e. The lowest BCUT2D eigenvalue weighted by Crippen LogP contribution is -2.09. The molecule has 2 aromatic heterocycles. The third kappa shape index (κ3) is 3.72. The number of halogens is 1. The first-order valence-corrected chi connectivity index (χ1v) is 9.66. The summed E-state index contributed by atoms with van der Waals surface area (Å²) in [5.74, 6) is 0.710. The van der Waals surface area contributed by atoms with E-state index >= 15 is 0 Å². The molecule has 0 fully saturated rings. The molecule has 4 nitrogen and oxygen atoms in total. The molecule has 0 saturated carbocycles. The van der Waals surface area contributed by atoms with Gasteiger partial charge in [-0.3, -0.25) is 0 Å². The first kappa shape index (κ1) is 17.7. The van der Waals surface area contributed by atoms with E-state index in [4.69, 9.17) is 10.1 Å². The SMILES string of the molecule is Cc1cc(NCCC2=CCCCC2)n2nc(C)c(-c3ccc(F)cc3)c2n1. The van der Waals surface area contributed by atoms with Crippen molar-refractivity contribution >= 4 is 11.5 Å².